The molecule has 1 N–H and O–H groups in total. The van der Waals surface area contributed by atoms with E-state index in [4.69, 9.17) is 4.74 Å². The van der Waals surface area contributed by atoms with Gasteiger partial charge >= 0.3 is 5.97 Å². The van der Waals surface area contributed by atoms with E-state index in [1.165, 1.54) is 0 Å². The van der Waals surface area contributed by atoms with Crippen LogP contribution in [0.1, 0.15) is 24.0 Å². The molecule has 3 aromatic rings. The number of nitrogens with zero attached hydrogens (tertiary/aromatic N) is 2. The van der Waals surface area contributed by atoms with Crippen LogP contribution in [0.4, 0.5) is 0 Å². The third-order valence-corrected chi connectivity index (χ3v) is 2.86. The summed E-state index contributed by atoms with van der Waals surface area (Å²) in [5, 5.41) is 0.976. The highest BCUT2D eigenvalue weighted by molar-refractivity contribution is 6.05. The van der Waals surface area contributed by atoms with Crippen molar-refractivity contribution in [3.05, 3.63) is 36.3 Å². The number of aromatic nitrogens is 3. The maximum Gasteiger partial charge on any atom is 0.376 e. The largest absolute Gasteiger partial charge is 0.460 e. The highest BCUT2D eigenvalue weighted by Gasteiger charge is 2.13. The average molecular weight is 255 g/mol. The number of fused-ring (bicyclic) bond motifs is 3. The molecule has 2 heterocycles. The predicted molar refractivity (Wildman–Crippen MR) is 72.0 cm³/mol. The maximum absolute atomic E-state index is 11.7. The van der Waals surface area contributed by atoms with E-state index in [9.17, 15) is 4.79 Å². The van der Waals surface area contributed by atoms with Crippen LogP contribution in [0.3, 0.4) is 0 Å². The first-order valence-electron chi connectivity index (χ1n) is 6.20. The van der Waals surface area contributed by atoms with Crippen LogP contribution >= 0.6 is 0 Å². The lowest BCUT2D eigenvalue weighted by Crippen LogP contribution is -2.10. The zero-order chi connectivity index (χ0) is 13.2. The van der Waals surface area contributed by atoms with Gasteiger partial charge in [0.05, 0.1) is 18.3 Å². The summed E-state index contributed by atoms with van der Waals surface area (Å²) in [6, 6.07) is 7.81. The second-order valence-electron chi connectivity index (χ2n) is 4.26. The standard InChI is InChI=1S/C14H13N3O2/c1-2-7-19-14(18)13-15-8-11-12(17-13)9-5-3-4-6-10(9)16-11/h3-6,8,16H,2,7H2,1H3. The van der Waals surface area contributed by atoms with Crippen LogP contribution in [-0.2, 0) is 4.74 Å². The van der Waals surface area contributed by atoms with Gasteiger partial charge in [-0.1, -0.05) is 25.1 Å². The molecule has 2 aromatic heterocycles. The van der Waals surface area contributed by atoms with Gasteiger partial charge in [0, 0.05) is 10.9 Å². The topological polar surface area (TPSA) is 67.9 Å². The molecule has 0 spiro atoms. The summed E-state index contributed by atoms with van der Waals surface area (Å²) < 4.78 is 5.04. The van der Waals surface area contributed by atoms with Crippen LogP contribution in [0, 0.1) is 0 Å². The Hall–Kier alpha value is -2.43. The molecule has 0 amide bonds. The fourth-order valence-corrected chi connectivity index (χ4v) is 1.98. The monoisotopic (exact) mass is 255 g/mol. The zero-order valence-corrected chi connectivity index (χ0v) is 10.5. The molecule has 0 atom stereocenters. The van der Waals surface area contributed by atoms with Crippen molar-refractivity contribution in [2.24, 2.45) is 0 Å². The molecular weight excluding hydrogens is 242 g/mol. The van der Waals surface area contributed by atoms with Crippen molar-refractivity contribution < 1.29 is 9.53 Å². The van der Waals surface area contributed by atoms with Crippen molar-refractivity contribution in [3.63, 3.8) is 0 Å². The number of esters is 1. The Morgan fingerprint density at radius 3 is 3.00 bits per heavy atom. The van der Waals surface area contributed by atoms with E-state index in [1.54, 1.807) is 6.20 Å². The van der Waals surface area contributed by atoms with E-state index in [0.29, 0.717) is 6.61 Å². The summed E-state index contributed by atoms with van der Waals surface area (Å²) in [5.74, 6) is -0.375. The molecule has 5 nitrogen and oxygen atoms in total. The van der Waals surface area contributed by atoms with Gasteiger partial charge in [-0.05, 0) is 12.5 Å². The van der Waals surface area contributed by atoms with Gasteiger partial charge in [-0.25, -0.2) is 14.8 Å². The van der Waals surface area contributed by atoms with Gasteiger partial charge in [0.1, 0.15) is 5.52 Å². The van der Waals surface area contributed by atoms with E-state index in [-0.39, 0.29) is 5.82 Å². The normalized spacial score (nSPS) is 11.0. The van der Waals surface area contributed by atoms with Crippen molar-refractivity contribution in [2.45, 2.75) is 13.3 Å². The van der Waals surface area contributed by atoms with Crippen molar-refractivity contribution >= 4 is 27.9 Å². The van der Waals surface area contributed by atoms with Crippen molar-refractivity contribution in [3.8, 4) is 0 Å². The van der Waals surface area contributed by atoms with Crippen LogP contribution in [0.2, 0.25) is 0 Å². The van der Waals surface area contributed by atoms with Crippen LogP contribution in [0.15, 0.2) is 30.5 Å². The van der Waals surface area contributed by atoms with Gasteiger partial charge < -0.3 is 9.72 Å². The maximum atomic E-state index is 11.7. The minimum Gasteiger partial charge on any atom is -0.460 e. The van der Waals surface area contributed by atoms with Gasteiger partial charge in [0.2, 0.25) is 5.82 Å². The van der Waals surface area contributed by atoms with E-state index in [2.05, 4.69) is 15.0 Å². The second-order valence-corrected chi connectivity index (χ2v) is 4.26. The first-order chi connectivity index (χ1) is 9.29. The van der Waals surface area contributed by atoms with Gasteiger partial charge in [-0.15, -0.1) is 0 Å². The van der Waals surface area contributed by atoms with Gasteiger partial charge in [0.25, 0.3) is 0 Å². The highest BCUT2D eigenvalue weighted by Crippen LogP contribution is 2.22. The summed E-state index contributed by atoms with van der Waals surface area (Å²) in [5.41, 5.74) is 2.54. The Kier molecular flexibility index (Phi) is 2.87. The summed E-state index contributed by atoms with van der Waals surface area (Å²) in [7, 11) is 0. The smallest absolute Gasteiger partial charge is 0.376 e. The van der Waals surface area contributed by atoms with Gasteiger partial charge in [-0.2, -0.15) is 0 Å². The van der Waals surface area contributed by atoms with Crippen LogP contribution in [-0.4, -0.2) is 27.5 Å². The fourth-order valence-electron chi connectivity index (χ4n) is 1.98. The molecule has 0 unspecified atom stereocenters. The second kappa shape index (κ2) is 4.68. The number of benzene rings is 1. The van der Waals surface area contributed by atoms with Crippen LogP contribution < -0.4 is 0 Å². The molecule has 0 aliphatic carbocycles. The lowest BCUT2D eigenvalue weighted by Gasteiger charge is -2.01. The SMILES string of the molecule is CCCOC(=O)c1ncc2[nH]c3ccccc3c2n1. The van der Waals surface area contributed by atoms with E-state index in [0.717, 1.165) is 28.4 Å². The van der Waals surface area contributed by atoms with Crippen molar-refractivity contribution in [1.29, 1.82) is 0 Å². The Labute approximate surface area is 109 Å². The number of ether oxygens (including phenoxy) is 1. The lowest BCUT2D eigenvalue weighted by molar-refractivity contribution is 0.0491. The van der Waals surface area contributed by atoms with E-state index in [1.807, 2.05) is 31.2 Å². The minimum absolute atomic E-state index is 0.103. The lowest BCUT2D eigenvalue weighted by atomic mass is 10.2. The zero-order valence-electron chi connectivity index (χ0n) is 10.5. The quantitative estimate of drug-likeness (QED) is 0.730. The molecule has 3 rings (SSSR count). The van der Waals surface area contributed by atoms with Crippen molar-refractivity contribution in [1.82, 2.24) is 15.0 Å². The highest BCUT2D eigenvalue weighted by atomic mass is 16.5. The van der Waals surface area contributed by atoms with Crippen LogP contribution in [0.25, 0.3) is 21.9 Å². The number of para-hydroxylation sites is 1. The molecule has 19 heavy (non-hydrogen) atoms. The Bertz CT molecular complexity index is 749. The van der Waals surface area contributed by atoms with Gasteiger partial charge in [0.15, 0.2) is 0 Å². The Balaban J connectivity index is 2.09. The molecule has 0 bridgehead atoms. The third-order valence-electron chi connectivity index (χ3n) is 2.86. The molecule has 0 fully saturated rings. The molecular formula is C14H13N3O2. The number of hydrogen-bond donors (Lipinski definition) is 1. The molecule has 0 saturated carbocycles. The number of rotatable bonds is 3. The van der Waals surface area contributed by atoms with Crippen LogP contribution in [0.5, 0.6) is 0 Å². The molecule has 1 aromatic carbocycles. The number of aromatic amines is 1. The molecule has 0 saturated heterocycles. The number of carbonyl (C=O) groups excluding carboxylic acids is 1. The number of carbonyl (C=O) groups is 1. The third kappa shape index (κ3) is 2.03. The predicted octanol–water partition coefficient (Wildman–Crippen LogP) is 2.68. The molecule has 0 aliphatic heterocycles. The summed E-state index contributed by atoms with van der Waals surface area (Å²) >= 11 is 0. The minimum atomic E-state index is -0.478. The average Bonchev–Trinajstić information content (AvgIpc) is 2.82. The number of hydrogen-bond acceptors (Lipinski definition) is 4. The summed E-state index contributed by atoms with van der Waals surface area (Å²) in [6.07, 6.45) is 2.39. The number of H-pyrrole nitrogens is 1. The Morgan fingerprint density at radius 1 is 1.32 bits per heavy atom. The fraction of sp³-hybridized carbons (Fsp3) is 0.214. The molecule has 96 valence electrons. The summed E-state index contributed by atoms with van der Waals surface area (Å²) in [4.78, 5) is 23.3. The summed E-state index contributed by atoms with van der Waals surface area (Å²) in [6.45, 7) is 2.32. The van der Waals surface area contributed by atoms with E-state index >= 15 is 0 Å². The molecule has 0 radical (unpaired) electrons. The first-order valence-corrected chi connectivity index (χ1v) is 6.20. The van der Waals surface area contributed by atoms with Crippen molar-refractivity contribution in [2.75, 3.05) is 6.61 Å². The van der Waals surface area contributed by atoms with E-state index < -0.39 is 5.97 Å². The Morgan fingerprint density at radius 2 is 2.16 bits per heavy atom. The first kappa shape index (κ1) is 11.6. The van der Waals surface area contributed by atoms with Gasteiger partial charge in [-0.3, -0.25) is 0 Å². The number of nitrogens with one attached hydrogen (secondary N) is 1. The molecule has 0 aliphatic rings. The molecule has 5 heteroatoms.